The molecule has 2 fully saturated rings. The van der Waals surface area contributed by atoms with Crippen molar-refractivity contribution >= 4 is 0 Å². The predicted molar refractivity (Wildman–Crippen MR) is 62.1 cm³/mol. The van der Waals surface area contributed by atoms with Gasteiger partial charge < -0.3 is 9.47 Å². The molecule has 3 rings (SSSR count). The van der Waals surface area contributed by atoms with Crippen molar-refractivity contribution in [2.24, 2.45) is 11.8 Å². The summed E-state index contributed by atoms with van der Waals surface area (Å²) in [6.07, 6.45) is 3.67. The van der Waals surface area contributed by atoms with E-state index in [0.29, 0.717) is 11.8 Å². The summed E-state index contributed by atoms with van der Waals surface area (Å²) >= 11 is 0. The standard InChI is InChI=1S/C14H18O2/c1-2-5-11(6-3-1)9-12-10-16-14-13(12)7-4-8-15-14/h1-3,5-6,12-14H,4,7-10H2/t12-,13?,14?/m1/s1. The Morgan fingerprint density at radius 1 is 1.12 bits per heavy atom. The summed E-state index contributed by atoms with van der Waals surface area (Å²) in [6.45, 7) is 1.74. The largest absolute Gasteiger partial charge is 0.352 e. The van der Waals surface area contributed by atoms with Crippen molar-refractivity contribution in [3.63, 3.8) is 0 Å². The molecule has 0 aliphatic carbocycles. The van der Waals surface area contributed by atoms with Crippen LogP contribution in [-0.2, 0) is 15.9 Å². The first-order valence-corrected chi connectivity index (χ1v) is 6.20. The quantitative estimate of drug-likeness (QED) is 0.759. The summed E-state index contributed by atoms with van der Waals surface area (Å²) in [5.41, 5.74) is 1.42. The summed E-state index contributed by atoms with van der Waals surface area (Å²) in [5.74, 6) is 1.27. The van der Waals surface area contributed by atoms with Crippen LogP contribution in [0.2, 0.25) is 0 Å². The number of hydrogen-bond acceptors (Lipinski definition) is 2. The Morgan fingerprint density at radius 3 is 2.88 bits per heavy atom. The van der Waals surface area contributed by atoms with Crippen LogP contribution in [0.15, 0.2) is 30.3 Å². The van der Waals surface area contributed by atoms with Crippen LogP contribution in [0.5, 0.6) is 0 Å². The van der Waals surface area contributed by atoms with Crippen molar-refractivity contribution in [1.29, 1.82) is 0 Å². The fourth-order valence-electron chi connectivity index (χ4n) is 2.88. The van der Waals surface area contributed by atoms with Crippen molar-refractivity contribution in [3.05, 3.63) is 35.9 Å². The molecule has 2 nitrogen and oxygen atoms in total. The van der Waals surface area contributed by atoms with Gasteiger partial charge in [0.1, 0.15) is 0 Å². The average Bonchev–Trinajstić information content (AvgIpc) is 2.74. The lowest BCUT2D eigenvalue weighted by Gasteiger charge is -2.27. The number of ether oxygens (including phenoxy) is 2. The Hall–Kier alpha value is -0.860. The molecule has 3 atom stereocenters. The zero-order valence-corrected chi connectivity index (χ0v) is 9.47. The molecule has 0 N–H and O–H groups in total. The zero-order valence-electron chi connectivity index (χ0n) is 9.47. The van der Waals surface area contributed by atoms with Gasteiger partial charge in [-0.15, -0.1) is 0 Å². The molecule has 1 aromatic carbocycles. The minimum atomic E-state index is 0.0856. The van der Waals surface area contributed by atoms with Gasteiger partial charge in [0.2, 0.25) is 0 Å². The predicted octanol–water partition coefficient (Wildman–Crippen LogP) is 2.63. The first-order valence-electron chi connectivity index (χ1n) is 6.20. The van der Waals surface area contributed by atoms with Gasteiger partial charge in [0.05, 0.1) is 6.61 Å². The molecule has 2 heterocycles. The molecule has 0 aromatic heterocycles. The lowest BCUT2D eigenvalue weighted by molar-refractivity contribution is -0.151. The summed E-state index contributed by atoms with van der Waals surface area (Å²) in [7, 11) is 0. The van der Waals surface area contributed by atoms with E-state index in [-0.39, 0.29) is 6.29 Å². The molecular weight excluding hydrogens is 200 g/mol. The molecule has 2 aliphatic heterocycles. The minimum absolute atomic E-state index is 0.0856. The number of rotatable bonds is 2. The van der Waals surface area contributed by atoms with Gasteiger partial charge in [0.25, 0.3) is 0 Å². The molecule has 2 aliphatic rings. The van der Waals surface area contributed by atoms with Gasteiger partial charge in [-0.05, 0) is 30.7 Å². The SMILES string of the molecule is c1ccc(C[C@@H]2COC3OCCCC32)cc1. The summed E-state index contributed by atoms with van der Waals surface area (Å²) in [6, 6.07) is 10.7. The smallest absolute Gasteiger partial charge is 0.160 e. The van der Waals surface area contributed by atoms with Crippen LogP contribution < -0.4 is 0 Å². The second-order valence-corrected chi connectivity index (χ2v) is 4.83. The Labute approximate surface area is 96.6 Å². The molecule has 1 aromatic rings. The van der Waals surface area contributed by atoms with Crippen LogP contribution in [0, 0.1) is 11.8 Å². The molecule has 2 unspecified atom stereocenters. The second-order valence-electron chi connectivity index (χ2n) is 4.83. The van der Waals surface area contributed by atoms with Gasteiger partial charge in [-0.1, -0.05) is 30.3 Å². The minimum Gasteiger partial charge on any atom is -0.352 e. The van der Waals surface area contributed by atoms with Crippen LogP contribution in [0.4, 0.5) is 0 Å². The summed E-state index contributed by atoms with van der Waals surface area (Å²) in [5, 5.41) is 0. The van der Waals surface area contributed by atoms with Gasteiger partial charge in [0.15, 0.2) is 6.29 Å². The third kappa shape index (κ3) is 2.00. The van der Waals surface area contributed by atoms with Gasteiger partial charge in [-0.25, -0.2) is 0 Å². The molecule has 0 radical (unpaired) electrons. The van der Waals surface area contributed by atoms with E-state index < -0.39 is 0 Å². The van der Waals surface area contributed by atoms with Crippen molar-refractivity contribution in [1.82, 2.24) is 0 Å². The molecule has 2 saturated heterocycles. The van der Waals surface area contributed by atoms with E-state index in [2.05, 4.69) is 30.3 Å². The van der Waals surface area contributed by atoms with E-state index in [1.54, 1.807) is 0 Å². The third-order valence-corrected chi connectivity index (χ3v) is 3.73. The van der Waals surface area contributed by atoms with Gasteiger partial charge in [-0.3, -0.25) is 0 Å². The highest BCUT2D eigenvalue weighted by molar-refractivity contribution is 5.15. The summed E-state index contributed by atoms with van der Waals surface area (Å²) in [4.78, 5) is 0. The van der Waals surface area contributed by atoms with E-state index >= 15 is 0 Å². The third-order valence-electron chi connectivity index (χ3n) is 3.73. The van der Waals surface area contributed by atoms with Crippen molar-refractivity contribution in [2.75, 3.05) is 13.2 Å². The first-order chi connectivity index (χ1) is 7.93. The summed E-state index contributed by atoms with van der Waals surface area (Å²) < 4.78 is 11.4. The van der Waals surface area contributed by atoms with Gasteiger partial charge in [-0.2, -0.15) is 0 Å². The van der Waals surface area contributed by atoms with Crippen LogP contribution in [0.3, 0.4) is 0 Å². The van der Waals surface area contributed by atoms with Crippen LogP contribution in [0.1, 0.15) is 18.4 Å². The Morgan fingerprint density at radius 2 is 2.00 bits per heavy atom. The van der Waals surface area contributed by atoms with E-state index in [9.17, 15) is 0 Å². The molecule has 2 heteroatoms. The highest BCUT2D eigenvalue weighted by Gasteiger charge is 2.39. The monoisotopic (exact) mass is 218 g/mol. The van der Waals surface area contributed by atoms with Gasteiger partial charge >= 0.3 is 0 Å². The fourth-order valence-corrected chi connectivity index (χ4v) is 2.88. The topological polar surface area (TPSA) is 18.5 Å². The maximum atomic E-state index is 5.72. The number of benzene rings is 1. The maximum absolute atomic E-state index is 5.72. The van der Waals surface area contributed by atoms with E-state index in [0.717, 1.165) is 19.6 Å². The molecule has 0 spiro atoms. The highest BCUT2D eigenvalue weighted by Crippen LogP contribution is 2.36. The van der Waals surface area contributed by atoms with Crippen LogP contribution in [0.25, 0.3) is 0 Å². The van der Waals surface area contributed by atoms with Gasteiger partial charge in [0, 0.05) is 12.5 Å². The zero-order chi connectivity index (χ0) is 10.8. The van der Waals surface area contributed by atoms with E-state index in [1.807, 2.05) is 0 Å². The Bertz CT molecular complexity index is 336. The maximum Gasteiger partial charge on any atom is 0.160 e. The van der Waals surface area contributed by atoms with Crippen molar-refractivity contribution < 1.29 is 9.47 Å². The Balaban J connectivity index is 1.67. The lowest BCUT2D eigenvalue weighted by atomic mass is 9.85. The van der Waals surface area contributed by atoms with Crippen molar-refractivity contribution in [2.45, 2.75) is 25.6 Å². The van der Waals surface area contributed by atoms with E-state index in [1.165, 1.54) is 18.4 Å². The van der Waals surface area contributed by atoms with E-state index in [4.69, 9.17) is 9.47 Å². The second kappa shape index (κ2) is 4.56. The molecule has 86 valence electrons. The average molecular weight is 218 g/mol. The molecule has 16 heavy (non-hydrogen) atoms. The number of fused-ring (bicyclic) bond motifs is 1. The van der Waals surface area contributed by atoms with Crippen molar-refractivity contribution in [3.8, 4) is 0 Å². The molecule has 0 saturated carbocycles. The number of hydrogen-bond donors (Lipinski definition) is 0. The Kier molecular flexibility index (Phi) is 2.94. The first kappa shape index (κ1) is 10.3. The van der Waals surface area contributed by atoms with Crippen LogP contribution in [-0.4, -0.2) is 19.5 Å². The van der Waals surface area contributed by atoms with Crippen LogP contribution >= 0.6 is 0 Å². The highest BCUT2D eigenvalue weighted by atomic mass is 16.7. The molecule has 0 bridgehead atoms. The fraction of sp³-hybridized carbons (Fsp3) is 0.571. The lowest BCUT2D eigenvalue weighted by Crippen LogP contribution is -2.29. The molecular formula is C14H18O2. The normalized spacial score (nSPS) is 33.6. The molecule has 0 amide bonds.